The van der Waals surface area contributed by atoms with Gasteiger partial charge >= 0.3 is 0 Å². The van der Waals surface area contributed by atoms with Gasteiger partial charge in [-0.3, -0.25) is 4.79 Å². The highest BCUT2D eigenvalue weighted by molar-refractivity contribution is 5.92. The van der Waals surface area contributed by atoms with Crippen molar-refractivity contribution in [3.63, 3.8) is 0 Å². The Hall–Kier alpha value is -3.61. The van der Waals surface area contributed by atoms with E-state index in [0.717, 1.165) is 22.5 Å². The van der Waals surface area contributed by atoms with E-state index in [2.05, 4.69) is 15.4 Å². The van der Waals surface area contributed by atoms with Crippen LogP contribution in [0.5, 0.6) is 5.88 Å². The van der Waals surface area contributed by atoms with Crippen LogP contribution in [0.4, 0.5) is 0 Å². The van der Waals surface area contributed by atoms with E-state index in [4.69, 9.17) is 4.74 Å². The van der Waals surface area contributed by atoms with Crippen molar-refractivity contribution < 1.29 is 9.53 Å². The molecule has 0 aliphatic carbocycles. The molecule has 0 aliphatic heterocycles. The van der Waals surface area contributed by atoms with Crippen LogP contribution in [0.1, 0.15) is 23.2 Å². The normalized spacial score (nSPS) is 10.9. The van der Waals surface area contributed by atoms with Crippen LogP contribution in [0, 0.1) is 0 Å². The first-order valence-corrected chi connectivity index (χ1v) is 9.14. The number of amides is 1. The molecule has 0 radical (unpaired) electrons. The number of aromatic nitrogens is 4. The highest BCUT2D eigenvalue weighted by Crippen LogP contribution is 2.20. The third-order valence-corrected chi connectivity index (χ3v) is 4.49. The molecule has 0 fully saturated rings. The van der Waals surface area contributed by atoms with Crippen LogP contribution in [0.15, 0.2) is 60.7 Å². The Morgan fingerprint density at radius 1 is 1.11 bits per heavy atom. The summed E-state index contributed by atoms with van der Waals surface area (Å²) in [4.78, 5) is 17.2. The van der Waals surface area contributed by atoms with Crippen molar-refractivity contribution >= 4 is 16.9 Å². The maximum absolute atomic E-state index is 12.7. The lowest BCUT2D eigenvalue weighted by atomic mass is 10.3. The minimum Gasteiger partial charge on any atom is -0.478 e. The quantitative estimate of drug-likeness (QED) is 0.562. The molecule has 7 heteroatoms. The Morgan fingerprint density at radius 3 is 2.61 bits per heavy atom. The number of imidazole rings is 1. The number of carbonyl (C=O) groups excluding carboxylic acids is 1. The number of aryl methyl sites for hydroxylation is 1. The van der Waals surface area contributed by atoms with Crippen LogP contribution in [0.2, 0.25) is 0 Å². The molecule has 0 saturated carbocycles. The second-order valence-electron chi connectivity index (χ2n) is 6.31. The fourth-order valence-corrected chi connectivity index (χ4v) is 3.08. The summed E-state index contributed by atoms with van der Waals surface area (Å²) in [6, 6.07) is 19.1. The molecule has 4 aromatic rings. The van der Waals surface area contributed by atoms with Crippen molar-refractivity contribution in [2.45, 2.75) is 13.5 Å². The van der Waals surface area contributed by atoms with Gasteiger partial charge in [-0.15, -0.1) is 0 Å². The summed E-state index contributed by atoms with van der Waals surface area (Å²) < 4.78 is 9.26. The summed E-state index contributed by atoms with van der Waals surface area (Å²) in [5, 5.41) is 7.33. The molecule has 0 spiro atoms. The molecule has 2 heterocycles. The van der Waals surface area contributed by atoms with Crippen LogP contribution in [-0.4, -0.2) is 31.8 Å². The van der Waals surface area contributed by atoms with Gasteiger partial charge in [0, 0.05) is 13.1 Å². The Kier molecular flexibility index (Phi) is 4.80. The lowest BCUT2D eigenvalue weighted by molar-refractivity contribution is 0.0944. The standard InChI is InChI=1S/C21H21N5O2/c1-3-28-20-13-17(24-26(20)15-9-5-4-6-10-15)21(27)22-14-19-23-16-11-7-8-12-18(16)25(19)2/h4-13H,3,14H2,1-2H3,(H,22,27). The first-order chi connectivity index (χ1) is 13.7. The molecule has 0 unspecified atom stereocenters. The number of hydrogen-bond acceptors (Lipinski definition) is 4. The molecule has 0 saturated heterocycles. The summed E-state index contributed by atoms with van der Waals surface area (Å²) in [6.07, 6.45) is 0. The summed E-state index contributed by atoms with van der Waals surface area (Å²) in [5.74, 6) is 1.03. The first kappa shape index (κ1) is 17.8. The molecule has 28 heavy (non-hydrogen) atoms. The average molecular weight is 375 g/mol. The van der Waals surface area contributed by atoms with Crippen molar-refractivity contribution in [2.24, 2.45) is 7.05 Å². The van der Waals surface area contributed by atoms with Gasteiger partial charge in [-0.25, -0.2) is 9.67 Å². The molecule has 0 bridgehead atoms. The van der Waals surface area contributed by atoms with E-state index in [-0.39, 0.29) is 5.91 Å². The molecular weight excluding hydrogens is 354 g/mol. The SMILES string of the molecule is CCOc1cc(C(=O)NCc2nc3ccccc3n2C)nn1-c1ccccc1. The molecule has 1 amide bonds. The van der Waals surface area contributed by atoms with Crippen molar-refractivity contribution in [3.05, 3.63) is 72.2 Å². The minimum absolute atomic E-state index is 0.275. The molecule has 0 atom stereocenters. The number of hydrogen-bond donors (Lipinski definition) is 1. The molecule has 0 aliphatic rings. The van der Waals surface area contributed by atoms with Gasteiger partial charge in [0.15, 0.2) is 5.69 Å². The third kappa shape index (κ3) is 3.34. The summed E-state index contributed by atoms with van der Waals surface area (Å²) in [7, 11) is 1.94. The van der Waals surface area contributed by atoms with Gasteiger partial charge in [0.05, 0.1) is 29.9 Å². The Morgan fingerprint density at radius 2 is 1.86 bits per heavy atom. The van der Waals surface area contributed by atoms with E-state index >= 15 is 0 Å². The first-order valence-electron chi connectivity index (χ1n) is 9.14. The van der Waals surface area contributed by atoms with Crippen molar-refractivity contribution in [1.82, 2.24) is 24.6 Å². The number of nitrogens with zero attached hydrogens (tertiary/aromatic N) is 4. The largest absolute Gasteiger partial charge is 0.478 e. The highest BCUT2D eigenvalue weighted by Gasteiger charge is 2.17. The third-order valence-electron chi connectivity index (χ3n) is 4.49. The van der Waals surface area contributed by atoms with E-state index in [0.29, 0.717) is 24.7 Å². The van der Waals surface area contributed by atoms with Gasteiger partial charge in [0.1, 0.15) is 5.82 Å². The van der Waals surface area contributed by atoms with Gasteiger partial charge in [-0.05, 0) is 31.2 Å². The molecule has 142 valence electrons. The van der Waals surface area contributed by atoms with Crippen LogP contribution in [-0.2, 0) is 13.6 Å². The van der Waals surface area contributed by atoms with Crippen molar-refractivity contribution in [2.75, 3.05) is 6.61 Å². The lowest BCUT2D eigenvalue weighted by Gasteiger charge is -2.06. The molecule has 7 nitrogen and oxygen atoms in total. The number of para-hydroxylation sites is 3. The van der Waals surface area contributed by atoms with Crippen LogP contribution < -0.4 is 10.1 Å². The van der Waals surface area contributed by atoms with Crippen molar-refractivity contribution in [1.29, 1.82) is 0 Å². The number of benzene rings is 2. The predicted molar refractivity (Wildman–Crippen MR) is 107 cm³/mol. The van der Waals surface area contributed by atoms with Gasteiger partial charge in [0.25, 0.3) is 5.91 Å². The zero-order valence-corrected chi connectivity index (χ0v) is 15.8. The molecule has 2 aromatic heterocycles. The molecule has 1 N–H and O–H groups in total. The summed E-state index contributed by atoms with van der Waals surface area (Å²) >= 11 is 0. The van der Waals surface area contributed by atoms with Gasteiger partial charge in [-0.1, -0.05) is 30.3 Å². The van der Waals surface area contributed by atoms with Gasteiger partial charge in [0.2, 0.25) is 5.88 Å². The van der Waals surface area contributed by atoms with E-state index in [1.54, 1.807) is 10.7 Å². The fourth-order valence-electron chi connectivity index (χ4n) is 3.08. The van der Waals surface area contributed by atoms with Crippen molar-refractivity contribution in [3.8, 4) is 11.6 Å². The smallest absolute Gasteiger partial charge is 0.272 e. The van der Waals surface area contributed by atoms with Gasteiger partial charge < -0.3 is 14.6 Å². The van der Waals surface area contributed by atoms with E-state index in [9.17, 15) is 4.79 Å². The Balaban J connectivity index is 1.55. The molecule has 4 rings (SSSR count). The lowest BCUT2D eigenvalue weighted by Crippen LogP contribution is -2.25. The predicted octanol–water partition coefficient (Wildman–Crippen LogP) is 3.09. The van der Waals surface area contributed by atoms with E-state index < -0.39 is 0 Å². The number of carbonyl (C=O) groups is 1. The maximum Gasteiger partial charge on any atom is 0.272 e. The number of ether oxygens (including phenoxy) is 1. The van der Waals surface area contributed by atoms with E-state index in [1.165, 1.54) is 0 Å². The van der Waals surface area contributed by atoms with Gasteiger partial charge in [-0.2, -0.15) is 5.10 Å². The van der Waals surface area contributed by atoms with Crippen LogP contribution in [0.3, 0.4) is 0 Å². The minimum atomic E-state index is -0.275. The number of fused-ring (bicyclic) bond motifs is 1. The number of nitrogens with one attached hydrogen (secondary N) is 1. The Labute approximate surface area is 162 Å². The summed E-state index contributed by atoms with van der Waals surface area (Å²) in [6.45, 7) is 2.69. The zero-order valence-electron chi connectivity index (χ0n) is 15.8. The van der Waals surface area contributed by atoms with Crippen LogP contribution in [0.25, 0.3) is 16.7 Å². The second-order valence-corrected chi connectivity index (χ2v) is 6.31. The maximum atomic E-state index is 12.7. The molecular formula is C21H21N5O2. The van der Waals surface area contributed by atoms with E-state index in [1.807, 2.05) is 73.1 Å². The topological polar surface area (TPSA) is 74.0 Å². The number of rotatable bonds is 6. The van der Waals surface area contributed by atoms with Crippen LogP contribution >= 0.6 is 0 Å². The second kappa shape index (κ2) is 7.56. The fraction of sp³-hybridized carbons (Fsp3) is 0.190. The monoisotopic (exact) mass is 375 g/mol. The summed E-state index contributed by atoms with van der Waals surface area (Å²) in [5.41, 5.74) is 3.06. The Bertz CT molecular complexity index is 1110. The molecule has 2 aromatic carbocycles. The average Bonchev–Trinajstić information content (AvgIpc) is 3.29. The highest BCUT2D eigenvalue weighted by atomic mass is 16.5. The zero-order chi connectivity index (χ0) is 19.5.